The summed E-state index contributed by atoms with van der Waals surface area (Å²) in [5.41, 5.74) is 6.53. The van der Waals surface area contributed by atoms with Gasteiger partial charge in [0.2, 0.25) is 5.91 Å². The van der Waals surface area contributed by atoms with Gasteiger partial charge in [-0.1, -0.05) is 21.1 Å². The summed E-state index contributed by atoms with van der Waals surface area (Å²) in [6.45, 7) is 0. The van der Waals surface area contributed by atoms with Crippen LogP contribution in [0.3, 0.4) is 0 Å². The van der Waals surface area contributed by atoms with Gasteiger partial charge in [-0.05, 0) is 30.3 Å². The van der Waals surface area contributed by atoms with Crippen molar-refractivity contribution in [3.63, 3.8) is 0 Å². The molecular weight excluding hydrogens is 338 g/mol. The van der Waals surface area contributed by atoms with Gasteiger partial charge in [0.05, 0.1) is 12.0 Å². The summed E-state index contributed by atoms with van der Waals surface area (Å²) in [6, 6.07) is 8.70. The fourth-order valence-corrected chi connectivity index (χ4v) is 2.16. The fourth-order valence-electron chi connectivity index (χ4n) is 1.80. The molecule has 6 nitrogen and oxygen atoms in total. The highest BCUT2D eigenvalue weighted by molar-refractivity contribution is 9.10. The molecule has 7 heteroatoms. The Labute approximate surface area is 129 Å². The number of carbonyl (C=O) groups excluding carboxylic acids is 1. The molecule has 0 aliphatic rings. The van der Waals surface area contributed by atoms with Crippen LogP contribution in [0.1, 0.15) is 17.7 Å². The van der Waals surface area contributed by atoms with Crippen LogP contribution in [0.2, 0.25) is 0 Å². The van der Waals surface area contributed by atoms with Crippen LogP contribution in [0, 0.1) is 0 Å². The zero-order valence-corrected chi connectivity index (χ0v) is 12.6. The SMILES string of the molecule is N/C(=N/O)c1cc(Br)ccc1NC(=O)CCc1ccco1. The monoisotopic (exact) mass is 351 g/mol. The molecule has 0 radical (unpaired) electrons. The molecule has 0 saturated heterocycles. The number of benzene rings is 1. The molecule has 0 bridgehead atoms. The van der Waals surface area contributed by atoms with Crippen molar-refractivity contribution in [2.45, 2.75) is 12.8 Å². The third kappa shape index (κ3) is 4.09. The third-order valence-corrected chi connectivity index (χ3v) is 3.31. The summed E-state index contributed by atoms with van der Waals surface area (Å²) in [7, 11) is 0. The van der Waals surface area contributed by atoms with Gasteiger partial charge in [0.25, 0.3) is 0 Å². The van der Waals surface area contributed by atoms with E-state index in [2.05, 4.69) is 26.4 Å². The number of rotatable bonds is 5. The highest BCUT2D eigenvalue weighted by Gasteiger charge is 2.11. The summed E-state index contributed by atoms with van der Waals surface area (Å²) in [5.74, 6) is 0.496. The van der Waals surface area contributed by atoms with E-state index in [9.17, 15) is 4.79 Å². The van der Waals surface area contributed by atoms with Crippen LogP contribution in [-0.4, -0.2) is 17.0 Å². The number of carbonyl (C=O) groups is 1. The quantitative estimate of drug-likeness (QED) is 0.333. The zero-order valence-electron chi connectivity index (χ0n) is 11.0. The van der Waals surface area contributed by atoms with Gasteiger partial charge in [-0.2, -0.15) is 0 Å². The van der Waals surface area contributed by atoms with Gasteiger partial charge >= 0.3 is 0 Å². The molecule has 0 fully saturated rings. The van der Waals surface area contributed by atoms with Crippen LogP contribution in [-0.2, 0) is 11.2 Å². The zero-order chi connectivity index (χ0) is 15.2. The van der Waals surface area contributed by atoms with Crippen molar-refractivity contribution in [2.24, 2.45) is 10.9 Å². The minimum absolute atomic E-state index is 0.0716. The van der Waals surface area contributed by atoms with Crippen LogP contribution in [0.25, 0.3) is 0 Å². The summed E-state index contributed by atoms with van der Waals surface area (Å²) < 4.78 is 5.93. The molecule has 110 valence electrons. The highest BCUT2D eigenvalue weighted by Crippen LogP contribution is 2.21. The number of nitrogens with zero attached hydrogens (tertiary/aromatic N) is 1. The smallest absolute Gasteiger partial charge is 0.224 e. The molecule has 0 saturated carbocycles. The number of amides is 1. The predicted molar refractivity (Wildman–Crippen MR) is 82.3 cm³/mol. The maximum Gasteiger partial charge on any atom is 0.224 e. The molecule has 0 unspecified atom stereocenters. The first-order chi connectivity index (χ1) is 10.1. The first kappa shape index (κ1) is 15.1. The summed E-state index contributed by atoms with van der Waals surface area (Å²) in [5, 5.41) is 14.5. The number of nitrogens with one attached hydrogen (secondary N) is 1. The minimum atomic E-state index is -0.180. The molecule has 0 aliphatic carbocycles. The molecular formula is C14H14BrN3O3. The Morgan fingerprint density at radius 3 is 2.90 bits per heavy atom. The average Bonchev–Trinajstić information content (AvgIpc) is 2.99. The fraction of sp³-hybridized carbons (Fsp3) is 0.143. The van der Waals surface area contributed by atoms with Gasteiger partial charge in [0, 0.05) is 22.9 Å². The number of anilines is 1. The van der Waals surface area contributed by atoms with Crippen LogP contribution in [0.4, 0.5) is 5.69 Å². The second-order valence-electron chi connectivity index (χ2n) is 4.30. The van der Waals surface area contributed by atoms with Gasteiger partial charge in [-0.15, -0.1) is 0 Å². The van der Waals surface area contributed by atoms with E-state index in [0.717, 1.165) is 10.2 Å². The van der Waals surface area contributed by atoms with Crippen molar-refractivity contribution in [2.75, 3.05) is 5.32 Å². The number of furan rings is 1. The Bertz CT molecular complexity index is 653. The molecule has 2 aromatic rings. The van der Waals surface area contributed by atoms with Crippen LogP contribution >= 0.6 is 15.9 Å². The van der Waals surface area contributed by atoms with E-state index in [-0.39, 0.29) is 18.2 Å². The summed E-state index contributed by atoms with van der Waals surface area (Å²) in [6.07, 6.45) is 2.35. The average molecular weight is 352 g/mol. The number of oxime groups is 1. The standard InChI is InChI=1S/C14H14BrN3O3/c15-9-3-5-12(11(8-9)14(16)18-20)17-13(19)6-4-10-2-1-7-21-10/h1-3,5,7-8,20H,4,6H2,(H2,16,18)(H,17,19). The molecule has 1 aromatic heterocycles. The van der Waals surface area contributed by atoms with Gasteiger partial charge in [0.1, 0.15) is 5.76 Å². The largest absolute Gasteiger partial charge is 0.469 e. The second-order valence-corrected chi connectivity index (χ2v) is 5.22. The lowest BCUT2D eigenvalue weighted by molar-refractivity contribution is -0.116. The number of aryl methyl sites for hydroxylation is 1. The molecule has 1 aromatic carbocycles. The van der Waals surface area contributed by atoms with E-state index in [0.29, 0.717) is 17.7 Å². The number of hydrogen-bond acceptors (Lipinski definition) is 4. The predicted octanol–water partition coefficient (Wildman–Crippen LogP) is 2.71. The number of amidine groups is 1. The lowest BCUT2D eigenvalue weighted by atomic mass is 10.1. The van der Waals surface area contributed by atoms with Crippen LogP contribution < -0.4 is 11.1 Å². The molecule has 0 atom stereocenters. The van der Waals surface area contributed by atoms with E-state index in [1.54, 1.807) is 30.5 Å². The maximum absolute atomic E-state index is 11.9. The van der Waals surface area contributed by atoms with Crippen LogP contribution in [0.15, 0.2) is 50.6 Å². The Morgan fingerprint density at radius 2 is 2.24 bits per heavy atom. The van der Waals surface area contributed by atoms with Crippen molar-refractivity contribution >= 4 is 33.4 Å². The molecule has 4 N–H and O–H groups in total. The van der Waals surface area contributed by atoms with E-state index in [1.165, 1.54) is 0 Å². The first-order valence-corrected chi connectivity index (χ1v) is 6.99. The normalized spacial score (nSPS) is 11.4. The second kappa shape index (κ2) is 6.94. The van der Waals surface area contributed by atoms with Gasteiger partial charge in [-0.25, -0.2) is 0 Å². The highest BCUT2D eigenvalue weighted by atomic mass is 79.9. The number of nitrogens with two attached hydrogens (primary N) is 1. The number of halogens is 1. The van der Waals surface area contributed by atoms with Crippen LogP contribution in [0.5, 0.6) is 0 Å². The Kier molecular flexibility index (Phi) is 4.99. The molecule has 21 heavy (non-hydrogen) atoms. The first-order valence-electron chi connectivity index (χ1n) is 6.20. The minimum Gasteiger partial charge on any atom is -0.469 e. The molecule has 2 rings (SSSR count). The Balaban J connectivity index is 2.06. The van der Waals surface area contributed by atoms with Crippen molar-refractivity contribution in [3.05, 3.63) is 52.4 Å². The van der Waals surface area contributed by atoms with Crippen molar-refractivity contribution in [1.82, 2.24) is 0 Å². The Hall–Kier alpha value is -2.28. The van der Waals surface area contributed by atoms with E-state index >= 15 is 0 Å². The van der Waals surface area contributed by atoms with Crippen molar-refractivity contribution < 1.29 is 14.4 Å². The van der Waals surface area contributed by atoms with Gasteiger partial charge in [-0.3, -0.25) is 4.79 Å². The lowest BCUT2D eigenvalue weighted by Gasteiger charge is -2.10. The van der Waals surface area contributed by atoms with Gasteiger partial charge in [0.15, 0.2) is 5.84 Å². The van der Waals surface area contributed by atoms with Crippen molar-refractivity contribution in [1.29, 1.82) is 0 Å². The maximum atomic E-state index is 11.9. The van der Waals surface area contributed by atoms with E-state index < -0.39 is 0 Å². The van der Waals surface area contributed by atoms with Gasteiger partial charge < -0.3 is 20.7 Å². The van der Waals surface area contributed by atoms with E-state index in [4.69, 9.17) is 15.4 Å². The summed E-state index contributed by atoms with van der Waals surface area (Å²) in [4.78, 5) is 11.9. The molecule has 0 spiro atoms. The van der Waals surface area contributed by atoms with E-state index in [1.807, 2.05) is 6.07 Å². The topological polar surface area (TPSA) is 101 Å². The third-order valence-electron chi connectivity index (χ3n) is 2.82. The molecule has 1 heterocycles. The number of hydrogen-bond donors (Lipinski definition) is 3. The Morgan fingerprint density at radius 1 is 1.43 bits per heavy atom. The lowest BCUT2D eigenvalue weighted by Crippen LogP contribution is -2.19. The molecule has 0 aliphatic heterocycles. The molecule has 1 amide bonds. The van der Waals surface area contributed by atoms with Crippen molar-refractivity contribution in [3.8, 4) is 0 Å². The summed E-state index contributed by atoms with van der Waals surface area (Å²) >= 11 is 3.30.